The van der Waals surface area contributed by atoms with Crippen LogP contribution in [0.3, 0.4) is 0 Å². The number of nitrogens with one attached hydrogen (secondary N) is 1. The molecule has 1 aromatic carbocycles. The van der Waals surface area contributed by atoms with Gasteiger partial charge in [0.1, 0.15) is 5.75 Å². The Bertz CT molecular complexity index is 396. The second-order valence-corrected chi connectivity index (χ2v) is 5.66. The van der Waals surface area contributed by atoms with E-state index in [9.17, 15) is 13.9 Å². The molecule has 0 radical (unpaired) electrons. The standard InChI is InChI=1S/C16H25F2NO2/c1-11(2)15(10-20)19-12(3)4-5-13-6-8-14(9-7-13)21-16(17)18/h6-9,11-12,15-16,19-20H,4-5,10H2,1-3H3. The molecule has 0 aromatic heterocycles. The average molecular weight is 301 g/mol. The number of halogens is 2. The van der Waals surface area contributed by atoms with Crippen LogP contribution in [0.25, 0.3) is 0 Å². The highest BCUT2D eigenvalue weighted by molar-refractivity contribution is 5.27. The van der Waals surface area contributed by atoms with E-state index < -0.39 is 6.61 Å². The summed E-state index contributed by atoms with van der Waals surface area (Å²) in [5.74, 6) is 0.559. The van der Waals surface area contributed by atoms with Crippen LogP contribution < -0.4 is 10.1 Å². The van der Waals surface area contributed by atoms with Crippen molar-refractivity contribution in [2.75, 3.05) is 6.61 Å². The van der Waals surface area contributed by atoms with Crippen LogP contribution >= 0.6 is 0 Å². The van der Waals surface area contributed by atoms with Gasteiger partial charge in [0.2, 0.25) is 0 Å². The first kappa shape index (κ1) is 17.9. The number of aryl methyl sites for hydroxylation is 1. The Hall–Kier alpha value is -1.20. The van der Waals surface area contributed by atoms with Crippen molar-refractivity contribution in [2.45, 2.75) is 52.3 Å². The molecule has 0 saturated heterocycles. The van der Waals surface area contributed by atoms with Gasteiger partial charge < -0.3 is 15.2 Å². The lowest BCUT2D eigenvalue weighted by Gasteiger charge is -2.24. The van der Waals surface area contributed by atoms with Crippen LogP contribution in [0.1, 0.15) is 32.8 Å². The minimum absolute atomic E-state index is 0.0989. The van der Waals surface area contributed by atoms with Gasteiger partial charge in [-0.3, -0.25) is 0 Å². The molecule has 21 heavy (non-hydrogen) atoms. The molecular weight excluding hydrogens is 276 g/mol. The Morgan fingerprint density at radius 3 is 2.24 bits per heavy atom. The summed E-state index contributed by atoms with van der Waals surface area (Å²) in [6.45, 7) is 3.57. The van der Waals surface area contributed by atoms with Crippen LogP contribution in [0.15, 0.2) is 24.3 Å². The largest absolute Gasteiger partial charge is 0.435 e. The monoisotopic (exact) mass is 301 g/mol. The Kier molecular flexibility index (Phi) is 7.61. The molecule has 1 aromatic rings. The van der Waals surface area contributed by atoms with E-state index >= 15 is 0 Å². The number of benzene rings is 1. The summed E-state index contributed by atoms with van der Waals surface area (Å²) in [6, 6.07) is 7.10. The van der Waals surface area contributed by atoms with E-state index in [4.69, 9.17) is 0 Å². The quantitative estimate of drug-likeness (QED) is 0.736. The van der Waals surface area contributed by atoms with Crippen molar-refractivity contribution in [3.8, 4) is 5.75 Å². The van der Waals surface area contributed by atoms with Gasteiger partial charge in [0.05, 0.1) is 6.61 Å². The number of aliphatic hydroxyl groups excluding tert-OH is 1. The Morgan fingerprint density at radius 2 is 1.76 bits per heavy atom. The summed E-state index contributed by atoms with van der Waals surface area (Å²) in [4.78, 5) is 0. The van der Waals surface area contributed by atoms with Gasteiger partial charge in [-0.05, 0) is 43.4 Å². The number of hydrogen-bond donors (Lipinski definition) is 2. The smallest absolute Gasteiger partial charge is 0.387 e. The van der Waals surface area contributed by atoms with Crippen LogP contribution in [-0.4, -0.2) is 30.4 Å². The van der Waals surface area contributed by atoms with E-state index in [1.165, 1.54) is 0 Å². The minimum atomic E-state index is -2.79. The van der Waals surface area contributed by atoms with Crippen molar-refractivity contribution in [3.63, 3.8) is 0 Å². The highest BCUT2D eigenvalue weighted by Crippen LogP contribution is 2.16. The van der Waals surface area contributed by atoms with Crippen molar-refractivity contribution in [1.82, 2.24) is 5.32 Å². The number of rotatable bonds is 9. The van der Waals surface area contributed by atoms with Crippen LogP contribution in [-0.2, 0) is 6.42 Å². The molecule has 0 aliphatic rings. The molecule has 2 atom stereocenters. The van der Waals surface area contributed by atoms with Crippen molar-refractivity contribution in [3.05, 3.63) is 29.8 Å². The molecule has 1 rings (SSSR count). The lowest BCUT2D eigenvalue weighted by Crippen LogP contribution is -2.42. The van der Waals surface area contributed by atoms with E-state index in [1.807, 2.05) is 0 Å². The molecule has 0 spiro atoms. The zero-order valence-electron chi connectivity index (χ0n) is 12.9. The minimum Gasteiger partial charge on any atom is -0.435 e. The van der Waals surface area contributed by atoms with Crippen LogP contribution in [0, 0.1) is 5.92 Å². The predicted octanol–water partition coefficient (Wildman–Crippen LogP) is 3.22. The van der Waals surface area contributed by atoms with Crippen molar-refractivity contribution >= 4 is 0 Å². The third-order valence-electron chi connectivity index (χ3n) is 3.51. The van der Waals surface area contributed by atoms with E-state index in [0.29, 0.717) is 5.92 Å². The van der Waals surface area contributed by atoms with Crippen molar-refractivity contribution < 1.29 is 18.6 Å². The van der Waals surface area contributed by atoms with Crippen molar-refractivity contribution in [2.24, 2.45) is 5.92 Å². The molecule has 0 aliphatic heterocycles. The first-order chi connectivity index (χ1) is 9.92. The molecule has 0 amide bonds. The first-order valence-electron chi connectivity index (χ1n) is 7.33. The molecule has 0 aliphatic carbocycles. The number of ether oxygens (including phenoxy) is 1. The molecule has 5 heteroatoms. The summed E-state index contributed by atoms with van der Waals surface area (Å²) < 4.78 is 28.4. The molecule has 120 valence electrons. The fraction of sp³-hybridized carbons (Fsp3) is 0.625. The lowest BCUT2D eigenvalue weighted by molar-refractivity contribution is -0.0498. The van der Waals surface area contributed by atoms with Crippen LogP contribution in [0.5, 0.6) is 5.75 Å². The van der Waals surface area contributed by atoms with E-state index in [0.717, 1.165) is 18.4 Å². The maximum Gasteiger partial charge on any atom is 0.387 e. The van der Waals surface area contributed by atoms with Gasteiger partial charge >= 0.3 is 6.61 Å². The highest BCUT2D eigenvalue weighted by atomic mass is 19.3. The van der Waals surface area contributed by atoms with Gasteiger partial charge in [-0.2, -0.15) is 8.78 Å². The summed E-state index contributed by atoms with van der Waals surface area (Å²) in [5.41, 5.74) is 1.08. The van der Waals surface area contributed by atoms with E-state index in [-0.39, 0.29) is 24.4 Å². The van der Waals surface area contributed by atoms with Gasteiger partial charge in [-0.25, -0.2) is 0 Å². The molecule has 0 fully saturated rings. The fourth-order valence-corrected chi connectivity index (χ4v) is 2.13. The zero-order chi connectivity index (χ0) is 15.8. The third-order valence-corrected chi connectivity index (χ3v) is 3.51. The Morgan fingerprint density at radius 1 is 1.14 bits per heavy atom. The average Bonchev–Trinajstić information content (AvgIpc) is 2.43. The molecule has 0 heterocycles. The van der Waals surface area contributed by atoms with E-state index in [2.05, 4.69) is 30.8 Å². The normalized spacial score (nSPS) is 14.5. The topological polar surface area (TPSA) is 41.5 Å². The number of aliphatic hydroxyl groups is 1. The van der Waals surface area contributed by atoms with Crippen LogP contribution in [0.4, 0.5) is 8.78 Å². The molecule has 2 unspecified atom stereocenters. The maximum atomic E-state index is 12.0. The van der Waals surface area contributed by atoms with E-state index in [1.54, 1.807) is 24.3 Å². The number of alkyl halides is 2. The summed E-state index contributed by atoms with van der Waals surface area (Å²) in [5, 5.41) is 12.7. The van der Waals surface area contributed by atoms with Crippen molar-refractivity contribution in [1.29, 1.82) is 0 Å². The summed E-state index contributed by atoms with van der Waals surface area (Å²) in [7, 11) is 0. The third kappa shape index (κ3) is 6.87. The molecule has 3 nitrogen and oxygen atoms in total. The molecular formula is C16H25F2NO2. The van der Waals surface area contributed by atoms with Crippen LogP contribution in [0.2, 0.25) is 0 Å². The second kappa shape index (κ2) is 8.95. The highest BCUT2D eigenvalue weighted by Gasteiger charge is 2.14. The summed E-state index contributed by atoms with van der Waals surface area (Å²) >= 11 is 0. The molecule has 2 N–H and O–H groups in total. The van der Waals surface area contributed by atoms with Gasteiger partial charge in [-0.1, -0.05) is 26.0 Å². The SMILES string of the molecule is CC(CCc1ccc(OC(F)F)cc1)NC(CO)C(C)C. The number of hydrogen-bond acceptors (Lipinski definition) is 3. The maximum absolute atomic E-state index is 12.0. The van der Waals surface area contributed by atoms with Gasteiger partial charge in [-0.15, -0.1) is 0 Å². The lowest BCUT2D eigenvalue weighted by atomic mass is 10.0. The molecule has 0 saturated carbocycles. The second-order valence-electron chi connectivity index (χ2n) is 5.66. The Balaban J connectivity index is 2.40. The first-order valence-corrected chi connectivity index (χ1v) is 7.33. The van der Waals surface area contributed by atoms with Gasteiger partial charge in [0.25, 0.3) is 0 Å². The Labute approximate surface area is 125 Å². The van der Waals surface area contributed by atoms with Gasteiger partial charge in [0.15, 0.2) is 0 Å². The predicted molar refractivity (Wildman–Crippen MR) is 79.7 cm³/mol. The summed E-state index contributed by atoms with van der Waals surface area (Å²) in [6.07, 6.45) is 1.76. The zero-order valence-corrected chi connectivity index (χ0v) is 12.9. The fourth-order valence-electron chi connectivity index (χ4n) is 2.13. The van der Waals surface area contributed by atoms with Gasteiger partial charge in [0, 0.05) is 12.1 Å². The molecule has 0 bridgehead atoms.